The lowest BCUT2D eigenvalue weighted by Crippen LogP contribution is -2.65. The zero-order valence-corrected chi connectivity index (χ0v) is 21.7. The highest BCUT2D eigenvalue weighted by Crippen LogP contribution is 2.36. The minimum atomic E-state index is -0.913. The van der Waals surface area contributed by atoms with Crippen LogP contribution in [0.3, 0.4) is 0 Å². The first-order valence-corrected chi connectivity index (χ1v) is 13.0. The Labute approximate surface area is 214 Å². The summed E-state index contributed by atoms with van der Waals surface area (Å²) in [6.45, 7) is 10.1. The second-order valence-electron chi connectivity index (χ2n) is 11.0. The number of hydrogen-bond acceptors (Lipinski definition) is 5. The monoisotopic (exact) mass is 495 g/mol. The molecule has 3 saturated heterocycles. The number of carbonyl (C=O) groups is 2. The molecule has 2 unspecified atom stereocenters. The Morgan fingerprint density at radius 1 is 1.00 bits per heavy atom. The van der Waals surface area contributed by atoms with Gasteiger partial charge >= 0.3 is 12.1 Å². The van der Waals surface area contributed by atoms with Gasteiger partial charge in [0.1, 0.15) is 17.9 Å². The Balaban J connectivity index is 1.36. The molecule has 0 radical (unpaired) electrons. The van der Waals surface area contributed by atoms with Gasteiger partial charge in [-0.2, -0.15) is 0 Å². The van der Waals surface area contributed by atoms with Crippen LogP contribution < -0.4 is 10.1 Å². The van der Waals surface area contributed by atoms with E-state index >= 15 is 0 Å². The van der Waals surface area contributed by atoms with E-state index in [0.29, 0.717) is 18.1 Å². The number of piperidine rings is 3. The number of carbonyl (C=O) groups excluding carboxylic acids is 2. The van der Waals surface area contributed by atoms with Crippen LogP contribution in [0.15, 0.2) is 60.7 Å². The molecule has 2 atom stereocenters. The maximum Gasteiger partial charge on any atom is 0.408 e. The fourth-order valence-corrected chi connectivity index (χ4v) is 5.34. The first kappa shape index (κ1) is 26.0. The first-order chi connectivity index (χ1) is 17.2. The quantitative estimate of drug-likeness (QED) is 0.305. The number of ether oxygens (including phenoxy) is 3. The molecule has 0 aliphatic carbocycles. The smallest absolute Gasteiger partial charge is 0.408 e. The summed E-state index contributed by atoms with van der Waals surface area (Å²) in [6.07, 6.45) is 2.26. The van der Waals surface area contributed by atoms with Crippen molar-refractivity contribution >= 4 is 12.1 Å². The lowest BCUT2D eigenvalue weighted by Gasteiger charge is -2.52. The van der Waals surface area contributed by atoms with E-state index in [-0.39, 0.29) is 6.10 Å². The number of nitrogens with zero attached hydrogens (tertiary/aromatic N) is 1. The summed E-state index contributed by atoms with van der Waals surface area (Å²) in [5.41, 5.74) is 0.0165. The number of amides is 1. The van der Waals surface area contributed by atoms with Gasteiger partial charge in [-0.15, -0.1) is 0 Å². The third-order valence-electron chi connectivity index (χ3n) is 7.13. The minimum Gasteiger partial charge on any atom is -0.493 e. The zero-order chi connectivity index (χ0) is 25.6. The van der Waals surface area contributed by atoms with Crippen LogP contribution >= 0.6 is 0 Å². The average molecular weight is 496 g/mol. The van der Waals surface area contributed by atoms with Gasteiger partial charge in [0.2, 0.25) is 0 Å². The maximum absolute atomic E-state index is 13.4. The van der Waals surface area contributed by atoms with Crippen molar-refractivity contribution in [1.29, 1.82) is 0 Å². The topological polar surface area (TPSA) is 73.9 Å². The van der Waals surface area contributed by atoms with E-state index in [2.05, 4.69) is 5.32 Å². The number of nitrogens with one attached hydrogen (secondary N) is 1. The van der Waals surface area contributed by atoms with E-state index in [1.165, 1.54) is 0 Å². The molecule has 3 fully saturated rings. The SMILES string of the molecule is CC(C)(C)OC(=O)NC(C(=O)OC1C[N+]2(CCCOc3ccccc3)CCC1CC2)c1ccccc1. The summed E-state index contributed by atoms with van der Waals surface area (Å²) < 4.78 is 18.4. The number of alkyl carbamates (subject to hydrolysis) is 1. The van der Waals surface area contributed by atoms with Gasteiger partial charge in [-0.3, -0.25) is 0 Å². The van der Waals surface area contributed by atoms with E-state index in [9.17, 15) is 9.59 Å². The lowest BCUT2D eigenvalue weighted by molar-refractivity contribution is -0.946. The summed E-state index contributed by atoms with van der Waals surface area (Å²) in [6, 6.07) is 18.2. The van der Waals surface area contributed by atoms with Gasteiger partial charge in [0.05, 0.1) is 26.2 Å². The Morgan fingerprint density at radius 3 is 2.28 bits per heavy atom. The molecule has 36 heavy (non-hydrogen) atoms. The molecular weight excluding hydrogens is 456 g/mol. The van der Waals surface area contributed by atoms with E-state index in [1.807, 2.05) is 60.7 Å². The van der Waals surface area contributed by atoms with Gasteiger partial charge in [0.15, 0.2) is 12.1 Å². The molecule has 7 nitrogen and oxygen atoms in total. The molecule has 2 aromatic carbocycles. The highest BCUT2D eigenvalue weighted by atomic mass is 16.6. The van der Waals surface area contributed by atoms with Crippen molar-refractivity contribution in [2.75, 3.05) is 32.8 Å². The van der Waals surface area contributed by atoms with Crippen molar-refractivity contribution in [1.82, 2.24) is 5.32 Å². The van der Waals surface area contributed by atoms with Crippen molar-refractivity contribution in [2.24, 2.45) is 5.92 Å². The standard InChI is InChI=1S/C29H38N2O5/c1-29(2,3)36-28(33)30-26(23-11-6-4-7-12-23)27(32)35-25-21-31(18-15-22(25)16-19-31)17-10-20-34-24-13-8-5-9-14-24/h4-9,11-14,22,25-26H,10,15-21H2,1-3H3/p+1. The van der Waals surface area contributed by atoms with Crippen LogP contribution in [0.5, 0.6) is 5.75 Å². The molecule has 0 spiro atoms. The van der Waals surface area contributed by atoms with Crippen molar-refractivity contribution < 1.29 is 28.3 Å². The highest BCUT2D eigenvalue weighted by molar-refractivity contribution is 5.83. The van der Waals surface area contributed by atoms with Crippen LogP contribution in [0.2, 0.25) is 0 Å². The van der Waals surface area contributed by atoms with Crippen molar-refractivity contribution in [3.8, 4) is 5.75 Å². The Bertz CT molecular complexity index is 997. The van der Waals surface area contributed by atoms with Crippen LogP contribution in [-0.2, 0) is 14.3 Å². The van der Waals surface area contributed by atoms with E-state index in [1.54, 1.807) is 20.8 Å². The summed E-state index contributed by atoms with van der Waals surface area (Å²) in [5.74, 6) is 0.829. The summed E-state index contributed by atoms with van der Waals surface area (Å²) >= 11 is 0. The Hall–Kier alpha value is -3.06. The number of quaternary nitrogens is 1. The third kappa shape index (κ3) is 7.00. The molecule has 3 aliphatic rings. The predicted molar refractivity (Wildman–Crippen MR) is 137 cm³/mol. The van der Waals surface area contributed by atoms with Gasteiger partial charge in [0.25, 0.3) is 0 Å². The predicted octanol–water partition coefficient (Wildman–Crippen LogP) is 4.87. The zero-order valence-electron chi connectivity index (χ0n) is 21.7. The second-order valence-corrected chi connectivity index (χ2v) is 11.0. The van der Waals surface area contributed by atoms with Gasteiger partial charge in [-0.05, 0) is 38.5 Å². The number of fused-ring (bicyclic) bond motifs is 3. The van der Waals surface area contributed by atoms with Gasteiger partial charge in [-0.1, -0.05) is 48.5 Å². The molecule has 3 aliphatic heterocycles. The van der Waals surface area contributed by atoms with Crippen LogP contribution in [0.4, 0.5) is 4.79 Å². The van der Waals surface area contributed by atoms with Crippen LogP contribution in [0, 0.1) is 5.92 Å². The van der Waals surface area contributed by atoms with Crippen molar-refractivity contribution in [2.45, 2.75) is 57.8 Å². The number of benzene rings is 2. The molecule has 2 bridgehead atoms. The van der Waals surface area contributed by atoms with Crippen LogP contribution in [0.25, 0.3) is 0 Å². The summed E-state index contributed by atoms with van der Waals surface area (Å²) in [4.78, 5) is 25.9. The van der Waals surface area contributed by atoms with E-state index < -0.39 is 23.7 Å². The molecule has 194 valence electrons. The summed E-state index contributed by atoms with van der Waals surface area (Å²) in [5, 5.41) is 2.73. The Kier molecular flexibility index (Phi) is 8.19. The van der Waals surface area contributed by atoms with Crippen LogP contribution in [0.1, 0.15) is 51.6 Å². The minimum absolute atomic E-state index is 0.151. The Morgan fingerprint density at radius 2 is 1.64 bits per heavy atom. The normalized spacial score (nSPS) is 24.0. The molecule has 0 saturated carbocycles. The molecule has 5 rings (SSSR count). The fraction of sp³-hybridized carbons (Fsp3) is 0.517. The molecule has 0 aromatic heterocycles. The van der Waals surface area contributed by atoms with E-state index in [0.717, 1.165) is 55.7 Å². The van der Waals surface area contributed by atoms with Gasteiger partial charge < -0.3 is 24.0 Å². The molecule has 3 heterocycles. The van der Waals surface area contributed by atoms with Crippen LogP contribution in [-0.4, -0.2) is 61.0 Å². The van der Waals surface area contributed by atoms with Gasteiger partial charge in [-0.25, -0.2) is 9.59 Å². The fourth-order valence-electron chi connectivity index (χ4n) is 5.34. The molecule has 1 amide bonds. The lowest BCUT2D eigenvalue weighted by atomic mass is 9.83. The second kappa shape index (κ2) is 11.3. The number of rotatable bonds is 9. The van der Waals surface area contributed by atoms with Crippen molar-refractivity contribution in [3.63, 3.8) is 0 Å². The third-order valence-corrected chi connectivity index (χ3v) is 7.13. The molecular formula is C29H39N2O5+. The van der Waals surface area contributed by atoms with E-state index in [4.69, 9.17) is 14.2 Å². The average Bonchev–Trinajstić information content (AvgIpc) is 2.86. The molecule has 2 aromatic rings. The van der Waals surface area contributed by atoms with Crippen molar-refractivity contribution in [3.05, 3.63) is 66.2 Å². The maximum atomic E-state index is 13.4. The molecule has 7 heteroatoms. The van der Waals surface area contributed by atoms with Gasteiger partial charge in [0, 0.05) is 25.2 Å². The number of para-hydroxylation sites is 1. The summed E-state index contributed by atoms with van der Waals surface area (Å²) in [7, 11) is 0. The highest BCUT2D eigenvalue weighted by Gasteiger charge is 2.48. The number of esters is 1. The number of hydrogen-bond donors (Lipinski definition) is 1. The largest absolute Gasteiger partial charge is 0.493 e. The molecule has 1 N–H and O–H groups in total. The first-order valence-electron chi connectivity index (χ1n) is 13.0.